The van der Waals surface area contributed by atoms with E-state index in [-0.39, 0.29) is 0 Å². The van der Waals surface area contributed by atoms with E-state index in [1.165, 1.54) is 24.0 Å². The molecular formula is C14H17N3O2. The smallest absolute Gasteiger partial charge is 0.228 e. The molecule has 2 N–H and O–H groups in total. The highest BCUT2D eigenvalue weighted by atomic mass is 16.5. The fourth-order valence-electron chi connectivity index (χ4n) is 2.36. The Morgan fingerprint density at radius 2 is 2.16 bits per heavy atom. The van der Waals surface area contributed by atoms with E-state index in [0.29, 0.717) is 31.3 Å². The number of hydrogen-bond donors (Lipinski definition) is 1. The highest BCUT2D eigenvalue weighted by Crippen LogP contribution is 2.26. The first-order valence-corrected chi connectivity index (χ1v) is 6.61. The molecule has 0 spiro atoms. The second kappa shape index (κ2) is 5.40. The summed E-state index contributed by atoms with van der Waals surface area (Å²) in [7, 11) is 0. The first kappa shape index (κ1) is 12.2. The summed E-state index contributed by atoms with van der Waals surface area (Å²) < 4.78 is 10.7. The molecule has 1 aliphatic carbocycles. The van der Waals surface area contributed by atoms with E-state index in [1.54, 1.807) is 0 Å². The molecule has 0 saturated heterocycles. The van der Waals surface area contributed by atoms with Crippen molar-refractivity contribution in [3.05, 3.63) is 41.0 Å². The number of aromatic nitrogens is 2. The minimum atomic E-state index is 0.326. The Balaban J connectivity index is 1.62. The molecule has 1 aromatic heterocycles. The molecule has 19 heavy (non-hydrogen) atoms. The molecule has 2 aromatic rings. The van der Waals surface area contributed by atoms with E-state index in [2.05, 4.69) is 22.3 Å². The van der Waals surface area contributed by atoms with Gasteiger partial charge < -0.3 is 15.0 Å². The van der Waals surface area contributed by atoms with Crippen LogP contribution in [0.2, 0.25) is 0 Å². The van der Waals surface area contributed by atoms with Gasteiger partial charge in [-0.15, -0.1) is 0 Å². The third-order valence-corrected chi connectivity index (χ3v) is 3.31. The van der Waals surface area contributed by atoms with E-state index in [0.717, 1.165) is 12.2 Å². The van der Waals surface area contributed by atoms with E-state index in [4.69, 9.17) is 15.0 Å². The van der Waals surface area contributed by atoms with Crippen LogP contribution in [0.15, 0.2) is 22.7 Å². The predicted molar refractivity (Wildman–Crippen MR) is 69.9 cm³/mol. The molecule has 100 valence electrons. The molecule has 1 heterocycles. The molecule has 5 nitrogen and oxygen atoms in total. The Morgan fingerprint density at radius 1 is 1.26 bits per heavy atom. The topological polar surface area (TPSA) is 74.2 Å². The van der Waals surface area contributed by atoms with Gasteiger partial charge in [-0.1, -0.05) is 11.2 Å². The lowest BCUT2D eigenvalue weighted by Crippen LogP contribution is -2.03. The molecule has 0 amide bonds. The SMILES string of the molecule is NCCc1nc(COc2ccc3c(c2)CCC3)no1. The number of nitrogens with zero attached hydrogens (tertiary/aromatic N) is 2. The number of benzene rings is 1. The number of aryl methyl sites for hydroxylation is 2. The molecular weight excluding hydrogens is 242 g/mol. The maximum Gasteiger partial charge on any atom is 0.228 e. The monoisotopic (exact) mass is 259 g/mol. The van der Waals surface area contributed by atoms with Crippen LogP contribution in [0.25, 0.3) is 0 Å². The highest BCUT2D eigenvalue weighted by molar-refractivity contribution is 5.38. The van der Waals surface area contributed by atoms with Gasteiger partial charge in [0.25, 0.3) is 0 Å². The van der Waals surface area contributed by atoms with Gasteiger partial charge in [0, 0.05) is 13.0 Å². The number of fused-ring (bicyclic) bond motifs is 1. The maximum absolute atomic E-state index is 5.69. The van der Waals surface area contributed by atoms with Gasteiger partial charge in [-0.2, -0.15) is 4.98 Å². The minimum absolute atomic E-state index is 0.326. The van der Waals surface area contributed by atoms with Gasteiger partial charge in [0.05, 0.1) is 0 Å². The van der Waals surface area contributed by atoms with Crippen molar-refractivity contribution in [1.82, 2.24) is 10.1 Å². The molecule has 0 fully saturated rings. The molecule has 0 atom stereocenters. The molecule has 0 unspecified atom stereocenters. The van der Waals surface area contributed by atoms with Crippen molar-refractivity contribution >= 4 is 0 Å². The molecule has 0 radical (unpaired) electrons. The van der Waals surface area contributed by atoms with Crippen molar-refractivity contribution in [2.75, 3.05) is 6.54 Å². The standard InChI is InChI=1S/C14H17N3O2/c15-7-6-14-16-13(17-19-14)9-18-12-5-4-10-2-1-3-11(10)8-12/h4-5,8H,1-3,6-7,9,15H2. The zero-order valence-electron chi connectivity index (χ0n) is 10.8. The largest absolute Gasteiger partial charge is 0.485 e. The Bertz CT molecular complexity index is 566. The lowest BCUT2D eigenvalue weighted by Gasteiger charge is -2.05. The van der Waals surface area contributed by atoms with Crippen molar-refractivity contribution in [2.24, 2.45) is 5.73 Å². The minimum Gasteiger partial charge on any atom is -0.485 e. The van der Waals surface area contributed by atoms with Gasteiger partial charge in [0.2, 0.25) is 11.7 Å². The molecule has 0 saturated carbocycles. The average Bonchev–Trinajstić information content (AvgIpc) is 3.04. The number of nitrogens with two attached hydrogens (primary N) is 1. The summed E-state index contributed by atoms with van der Waals surface area (Å²) in [5.41, 5.74) is 8.27. The number of rotatable bonds is 5. The molecule has 1 aliphatic rings. The Kier molecular flexibility index (Phi) is 3.46. The van der Waals surface area contributed by atoms with Crippen molar-refractivity contribution in [3.63, 3.8) is 0 Å². The Hall–Kier alpha value is -1.88. The van der Waals surface area contributed by atoms with Crippen LogP contribution in [-0.4, -0.2) is 16.7 Å². The van der Waals surface area contributed by atoms with Crippen LogP contribution in [0.1, 0.15) is 29.3 Å². The van der Waals surface area contributed by atoms with Gasteiger partial charge in [0.1, 0.15) is 5.75 Å². The first-order valence-electron chi connectivity index (χ1n) is 6.61. The van der Waals surface area contributed by atoms with Crippen LogP contribution in [0.5, 0.6) is 5.75 Å². The normalized spacial score (nSPS) is 13.5. The van der Waals surface area contributed by atoms with Gasteiger partial charge >= 0.3 is 0 Å². The molecule has 0 aliphatic heterocycles. The van der Waals surface area contributed by atoms with Crippen LogP contribution in [-0.2, 0) is 25.9 Å². The van der Waals surface area contributed by atoms with Crippen molar-refractivity contribution in [1.29, 1.82) is 0 Å². The fraction of sp³-hybridized carbons (Fsp3) is 0.429. The van der Waals surface area contributed by atoms with Crippen LogP contribution >= 0.6 is 0 Å². The zero-order valence-corrected chi connectivity index (χ0v) is 10.8. The van der Waals surface area contributed by atoms with Crippen LogP contribution < -0.4 is 10.5 Å². The Morgan fingerprint density at radius 3 is 3.05 bits per heavy atom. The number of ether oxygens (including phenoxy) is 1. The van der Waals surface area contributed by atoms with Gasteiger partial charge in [-0.3, -0.25) is 0 Å². The summed E-state index contributed by atoms with van der Waals surface area (Å²) in [6, 6.07) is 6.27. The Labute approximate surface area is 111 Å². The summed E-state index contributed by atoms with van der Waals surface area (Å²) in [5, 5.41) is 3.86. The van der Waals surface area contributed by atoms with E-state index >= 15 is 0 Å². The molecule has 1 aromatic carbocycles. The lowest BCUT2D eigenvalue weighted by atomic mass is 10.1. The van der Waals surface area contributed by atoms with Gasteiger partial charge in [0.15, 0.2) is 6.61 Å². The maximum atomic E-state index is 5.69. The second-order valence-electron chi connectivity index (χ2n) is 4.72. The summed E-state index contributed by atoms with van der Waals surface area (Å²) in [6.07, 6.45) is 4.18. The summed E-state index contributed by atoms with van der Waals surface area (Å²) in [5.74, 6) is 1.99. The van der Waals surface area contributed by atoms with Crippen LogP contribution in [0.4, 0.5) is 0 Å². The van der Waals surface area contributed by atoms with E-state index < -0.39 is 0 Å². The summed E-state index contributed by atoms with van der Waals surface area (Å²) >= 11 is 0. The van der Waals surface area contributed by atoms with E-state index in [1.807, 2.05) is 6.07 Å². The van der Waals surface area contributed by atoms with Gasteiger partial charge in [-0.25, -0.2) is 0 Å². The summed E-state index contributed by atoms with van der Waals surface area (Å²) in [4.78, 5) is 4.20. The molecule has 0 bridgehead atoms. The number of hydrogen-bond acceptors (Lipinski definition) is 5. The summed E-state index contributed by atoms with van der Waals surface area (Å²) in [6.45, 7) is 0.834. The van der Waals surface area contributed by atoms with Crippen molar-refractivity contribution in [3.8, 4) is 5.75 Å². The predicted octanol–water partition coefficient (Wildman–Crippen LogP) is 1.64. The average molecular weight is 259 g/mol. The quantitative estimate of drug-likeness (QED) is 0.883. The third-order valence-electron chi connectivity index (χ3n) is 3.31. The second-order valence-corrected chi connectivity index (χ2v) is 4.72. The van der Waals surface area contributed by atoms with E-state index in [9.17, 15) is 0 Å². The van der Waals surface area contributed by atoms with Crippen molar-refractivity contribution < 1.29 is 9.26 Å². The van der Waals surface area contributed by atoms with Crippen molar-refractivity contribution in [2.45, 2.75) is 32.3 Å². The van der Waals surface area contributed by atoms with Gasteiger partial charge in [-0.05, 0) is 42.5 Å². The van der Waals surface area contributed by atoms with Crippen LogP contribution in [0.3, 0.4) is 0 Å². The highest BCUT2D eigenvalue weighted by Gasteiger charge is 2.12. The molecule has 3 rings (SSSR count). The zero-order chi connectivity index (χ0) is 13.1. The first-order chi connectivity index (χ1) is 9.35. The molecule has 5 heteroatoms. The van der Waals surface area contributed by atoms with Crippen LogP contribution in [0, 0.1) is 0 Å². The fourth-order valence-corrected chi connectivity index (χ4v) is 2.36. The lowest BCUT2D eigenvalue weighted by molar-refractivity contribution is 0.285. The third kappa shape index (κ3) is 2.76.